The fourth-order valence-corrected chi connectivity index (χ4v) is 3.01. The largest absolute Gasteiger partial charge is 0.507 e. The lowest BCUT2D eigenvalue weighted by Crippen LogP contribution is -2.42. The summed E-state index contributed by atoms with van der Waals surface area (Å²) in [6.45, 7) is 4.90. The summed E-state index contributed by atoms with van der Waals surface area (Å²) in [6, 6.07) is 8.38. The number of ether oxygens (including phenoxy) is 1. The van der Waals surface area contributed by atoms with Crippen LogP contribution in [0.25, 0.3) is 11.8 Å². The van der Waals surface area contributed by atoms with Gasteiger partial charge in [0.15, 0.2) is 0 Å². The molecule has 0 aliphatic carbocycles. The van der Waals surface area contributed by atoms with Gasteiger partial charge in [-0.2, -0.15) is 0 Å². The van der Waals surface area contributed by atoms with E-state index in [1.807, 2.05) is 6.07 Å². The highest BCUT2D eigenvalue weighted by atomic mass is 16.5. The van der Waals surface area contributed by atoms with Crippen LogP contribution < -0.4 is 11.5 Å². The monoisotopic (exact) mass is 354 g/mol. The number of hydrogen-bond acceptors (Lipinski definition) is 5. The quantitative estimate of drug-likeness (QED) is 0.625. The molecule has 0 saturated carbocycles. The lowest BCUT2D eigenvalue weighted by molar-refractivity contribution is -0.134. The Labute approximate surface area is 151 Å². The predicted octanol–water partition coefficient (Wildman–Crippen LogP) is 1.85. The number of aromatic amines is 1. The van der Waals surface area contributed by atoms with E-state index in [0.29, 0.717) is 42.4 Å². The number of anilines is 1. The third kappa shape index (κ3) is 3.43. The number of nitrogen functional groups attached to an aromatic ring is 1. The molecule has 1 aromatic carbocycles. The minimum atomic E-state index is -0.273. The summed E-state index contributed by atoms with van der Waals surface area (Å²) in [5.41, 5.74) is 14.5. The van der Waals surface area contributed by atoms with Crippen LogP contribution in [-0.4, -0.2) is 40.7 Å². The number of carbonyl (C=O) groups is 1. The molecule has 1 aliphatic heterocycles. The third-order valence-electron chi connectivity index (χ3n) is 4.37. The molecule has 1 atom stereocenters. The van der Waals surface area contributed by atoms with E-state index in [0.717, 1.165) is 5.69 Å². The average Bonchev–Trinajstić information content (AvgIpc) is 3.01. The van der Waals surface area contributed by atoms with Gasteiger partial charge >= 0.3 is 0 Å². The molecule has 2 heterocycles. The Balaban J connectivity index is 1.91. The van der Waals surface area contributed by atoms with Gasteiger partial charge in [-0.25, -0.2) is 0 Å². The molecule has 0 bridgehead atoms. The van der Waals surface area contributed by atoms with E-state index in [4.69, 9.17) is 16.2 Å². The molecule has 26 heavy (non-hydrogen) atoms. The van der Waals surface area contributed by atoms with Gasteiger partial charge < -0.3 is 31.2 Å². The molecule has 136 valence electrons. The van der Waals surface area contributed by atoms with Crippen LogP contribution in [0, 0.1) is 0 Å². The maximum absolute atomic E-state index is 12.1. The van der Waals surface area contributed by atoms with Crippen LogP contribution in [-0.2, 0) is 9.53 Å². The van der Waals surface area contributed by atoms with Crippen molar-refractivity contribution in [2.24, 2.45) is 5.73 Å². The van der Waals surface area contributed by atoms with Crippen LogP contribution in [0.1, 0.15) is 22.9 Å². The molecular formula is C19H22N4O3. The standard InChI is InChI=1S/C19H22N4O3/c1-2-18(25)23-7-8-26-11-16(23)15-10-12(19(21)22-15)9-14(20)13-5-3-4-6-17(13)24/h2-6,9-10,16,22,24H,1,7-8,11,20-21H2/b14-9-. The minimum Gasteiger partial charge on any atom is -0.507 e. The van der Waals surface area contributed by atoms with Crippen molar-refractivity contribution < 1.29 is 14.6 Å². The van der Waals surface area contributed by atoms with Crippen molar-refractivity contribution in [2.45, 2.75) is 6.04 Å². The lowest BCUT2D eigenvalue weighted by atomic mass is 10.1. The number of benzene rings is 1. The number of nitrogens with two attached hydrogens (primary N) is 2. The second-order valence-electron chi connectivity index (χ2n) is 6.04. The normalized spacial score (nSPS) is 17.9. The number of phenolic OH excluding ortho intramolecular Hbond substituents is 1. The second-order valence-corrected chi connectivity index (χ2v) is 6.04. The van der Waals surface area contributed by atoms with E-state index in [-0.39, 0.29) is 17.7 Å². The zero-order valence-corrected chi connectivity index (χ0v) is 14.3. The number of H-pyrrole nitrogens is 1. The topological polar surface area (TPSA) is 118 Å². The molecule has 0 spiro atoms. The number of phenols is 1. The van der Waals surface area contributed by atoms with Gasteiger partial charge in [0.2, 0.25) is 5.91 Å². The molecule has 1 saturated heterocycles. The van der Waals surface area contributed by atoms with E-state index < -0.39 is 0 Å². The summed E-state index contributed by atoms with van der Waals surface area (Å²) in [7, 11) is 0. The van der Waals surface area contributed by atoms with E-state index >= 15 is 0 Å². The number of rotatable bonds is 4. The van der Waals surface area contributed by atoms with Crippen LogP contribution in [0.15, 0.2) is 43.0 Å². The van der Waals surface area contributed by atoms with Crippen LogP contribution in [0.3, 0.4) is 0 Å². The van der Waals surface area contributed by atoms with E-state index in [9.17, 15) is 9.90 Å². The summed E-state index contributed by atoms with van der Waals surface area (Å²) in [5, 5.41) is 9.93. The highest BCUT2D eigenvalue weighted by molar-refractivity contribution is 5.88. The summed E-state index contributed by atoms with van der Waals surface area (Å²) in [4.78, 5) is 16.9. The van der Waals surface area contributed by atoms with E-state index in [1.54, 1.807) is 35.2 Å². The van der Waals surface area contributed by atoms with Crippen molar-refractivity contribution in [3.8, 4) is 5.75 Å². The average molecular weight is 354 g/mol. The number of aromatic hydroxyl groups is 1. The fraction of sp³-hybridized carbons (Fsp3) is 0.211. The van der Waals surface area contributed by atoms with Gasteiger partial charge in [-0.05, 0) is 30.4 Å². The van der Waals surface area contributed by atoms with Gasteiger partial charge in [0.1, 0.15) is 11.6 Å². The maximum Gasteiger partial charge on any atom is 0.246 e. The Morgan fingerprint density at radius 2 is 2.19 bits per heavy atom. The van der Waals surface area contributed by atoms with Gasteiger partial charge in [-0.3, -0.25) is 4.79 Å². The Morgan fingerprint density at radius 3 is 2.92 bits per heavy atom. The van der Waals surface area contributed by atoms with Gasteiger partial charge in [0.05, 0.1) is 19.3 Å². The van der Waals surface area contributed by atoms with Crippen molar-refractivity contribution in [3.63, 3.8) is 0 Å². The zero-order valence-electron chi connectivity index (χ0n) is 14.3. The van der Waals surface area contributed by atoms with Crippen LogP contribution >= 0.6 is 0 Å². The van der Waals surface area contributed by atoms with Crippen LogP contribution in [0.2, 0.25) is 0 Å². The Hall–Kier alpha value is -3.19. The van der Waals surface area contributed by atoms with Gasteiger partial charge in [-0.1, -0.05) is 18.7 Å². The Bertz CT molecular complexity index is 856. The number of hydrogen-bond donors (Lipinski definition) is 4. The summed E-state index contributed by atoms with van der Waals surface area (Å²) in [6.07, 6.45) is 2.98. The number of para-hydroxylation sites is 1. The molecule has 7 nitrogen and oxygen atoms in total. The van der Waals surface area contributed by atoms with Crippen molar-refractivity contribution in [3.05, 3.63) is 59.8 Å². The molecular weight excluding hydrogens is 332 g/mol. The first-order chi connectivity index (χ1) is 12.5. The molecule has 0 radical (unpaired) electrons. The Morgan fingerprint density at radius 1 is 1.42 bits per heavy atom. The highest BCUT2D eigenvalue weighted by Crippen LogP contribution is 2.29. The SMILES string of the molecule is C=CC(=O)N1CCOCC1c1cc(/C=C(\N)c2ccccc2O)c(N)[nH]1. The number of nitrogens with zero attached hydrogens (tertiary/aromatic N) is 1. The molecule has 3 rings (SSSR count). The number of nitrogens with one attached hydrogen (secondary N) is 1. The fourth-order valence-electron chi connectivity index (χ4n) is 3.01. The molecule has 1 aliphatic rings. The smallest absolute Gasteiger partial charge is 0.246 e. The van der Waals surface area contributed by atoms with Gasteiger partial charge in [-0.15, -0.1) is 0 Å². The molecule has 2 aromatic rings. The molecule has 1 unspecified atom stereocenters. The third-order valence-corrected chi connectivity index (χ3v) is 4.37. The highest BCUT2D eigenvalue weighted by Gasteiger charge is 2.28. The Kier molecular flexibility index (Phi) is 4.99. The number of aromatic nitrogens is 1. The van der Waals surface area contributed by atoms with E-state index in [1.165, 1.54) is 6.08 Å². The minimum absolute atomic E-state index is 0.0963. The van der Waals surface area contributed by atoms with Gasteiger partial charge in [0, 0.05) is 29.1 Å². The van der Waals surface area contributed by atoms with E-state index in [2.05, 4.69) is 11.6 Å². The number of carbonyl (C=O) groups excluding carboxylic acids is 1. The van der Waals surface area contributed by atoms with Crippen LogP contribution in [0.4, 0.5) is 5.82 Å². The lowest BCUT2D eigenvalue weighted by Gasteiger charge is -2.34. The first kappa shape index (κ1) is 17.6. The summed E-state index contributed by atoms with van der Waals surface area (Å²) in [5.74, 6) is 0.367. The first-order valence-electron chi connectivity index (χ1n) is 8.26. The molecule has 7 heteroatoms. The molecule has 1 fully saturated rings. The molecule has 6 N–H and O–H groups in total. The predicted molar refractivity (Wildman–Crippen MR) is 101 cm³/mol. The second kappa shape index (κ2) is 7.37. The molecule has 1 aromatic heterocycles. The zero-order chi connectivity index (χ0) is 18.7. The molecule has 1 amide bonds. The summed E-state index contributed by atoms with van der Waals surface area (Å²) < 4.78 is 5.51. The number of morpholine rings is 1. The van der Waals surface area contributed by atoms with Crippen molar-refractivity contribution in [1.29, 1.82) is 0 Å². The maximum atomic E-state index is 12.1. The van der Waals surface area contributed by atoms with Gasteiger partial charge in [0.25, 0.3) is 0 Å². The van der Waals surface area contributed by atoms with Crippen molar-refractivity contribution in [1.82, 2.24) is 9.88 Å². The van der Waals surface area contributed by atoms with Crippen LogP contribution in [0.5, 0.6) is 5.75 Å². The van der Waals surface area contributed by atoms with Crippen molar-refractivity contribution in [2.75, 3.05) is 25.5 Å². The first-order valence-corrected chi connectivity index (χ1v) is 8.26. The summed E-state index contributed by atoms with van der Waals surface area (Å²) >= 11 is 0. The number of amides is 1. The van der Waals surface area contributed by atoms with Crippen molar-refractivity contribution >= 4 is 23.5 Å².